The van der Waals surface area contributed by atoms with E-state index < -0.39 is 0 Å². The molecule has 0 aliphatic carbocycles. The first-order chi connectivity index (χ1) is 3.72. The molecule has 0 aromatic rings. The Morgan fingerprint density at radius 1 is 1.17 bits per heavy atom. The van der Waals surface area contributed by atoms with Crippen LogP contribution in [-0.2, 0) is 0 Å². The van der Waals surface area contributed by atoms with Crippen molar-refractivity contribution in [2.75, 3.05) is 0 Å². The largest absolute Gasteiger partial charge is 0.0991 e. The molecule has 0 saturated carbocycles. The molecule has 0 saturated heterocycles. The zero-order chi connectivity index (χ0) is 6.57. The summed E-state index contributed by atoms with van der Waals surface area (Å²) >= 11 is 0. The van der Waals surface area contributed by atoms with E-state index in [9.17, 15) is 0 Å². The highest BCUT2D eigenvalue weighted by Crippen LogP contribution is 1.69. The normalized spacial score (nSPS) is 16.7. The average Bonchev–Trinajstić information content (AvgIpc) is 1.84. The maximum absolute atomic E-state index is 6.93. The number of hydrogen-bond acceptors (Lipinski definition) is 0. The molecular formula is C6H8. The van der Waals surface area contributed by atoms with Crippen LogP contribution >= 0.6 is 0 Å². The molecule has 0 radical (unpaired) electrons. The SMILES string of the molecule is [2H]/C(C=C)=C(/[2H])C=C. The Kier molecular flexibility index (Phi) is 1.69. The Bertz CT molecular complexity index is 117. The van der Waals surface area contributed by atoms with Gasteiger partial charge >= 0.3 is 0 Å². The van der Waals surface area contributed by atoms with Crippen LogP contribution in [0, 0.1) is 0 Å². The van der Waals surface area contributed by atoms with Crippen molar-refractivity contribution in [1.82, 2.24) is 0 Å². The van der Waals surface area contributed by atoms with Gasteiger partial charge in [-0.25, -0.2) is 0 Å². The molecule has 32 valence electrons. The van der Waals surface area contributed by atoms with E-state index >= 15 is 0 Å². The molecule has 0 nitrogen and oxygen atoms in total. The smallest absolute Gasteiger partial charge is 0.0622 e. The summed E-state index contributed by atoms with van der Waals surface area (Å²) < 4.78 is 13.9. The fourth-order valence-electron chi connectivity index (χ4n) is 0.118. The lowest BCUT2D eigenvalue weighted by atomic mass is 10.5. The molecule has 0 bridgehead atoms. The maximum atomic E-state index is 6.93. The van der Waals surface area contributed by atoms with Gasteiger partial charge in [0.25, 0.3) is 0 Å². The van der Waals surface area contributed by atoms with E-state index in [0.717, 1.165) is 0 Å². The summed E-state index contributed by atoms with van der Waals surface area (Å²) in [6, 6.07) is 0.222. The van der Waals surface area contributed by atoms with Crippen LogP contribution in [0.15, 0.2) is 37.4 Å². The summed E-state index contributed by atoms with van der Waals surface area (Å²) in [5.74, 6) is 0. The first kappa shape index (κ1) is 2.40. The molecule has 0 unspecified atom stereocenters. The summed E-state index contributed by atoms with van der Waals surface area (Å²) in [4.78, 5) is 0. The molecule has 6 heavy (non-hydrogen) atoms. The van der Waals surface area contributed by atoms with Crippen LogP contribution in [0.3, 0.4) is 0 Å². The fourth-order valence-corrected chi connectivity index (χ4v) is 0.118. The maximum Gasteiger partial charge on any atom is 0.0622 e. The van der Waals surface area contributed by atoms with Crippen LogP contribution in [0.4, 0.5) is 0 Å². The van der Waals surface area contributed by atoms with Gasteiger partial charge in [-0.1, -0.05) is 37.4 Å². The molecule has 0 aromatic heterocycles. The van der Waals surface area contributed by atoms with Crippen LogP contribution in [0.5, 0.6) is 0 Å². The summed E-state index contributed by atoms with van der Waals surface area (Å²) in [6.45, 7) is 6.63. The fraction of sp³-hybridized carbons (Fsp3) is 0. The zero-order valence-corrected chi connectivity index (χ0v) is 3.57. The lowest BCUT2D eigenvalue weighted by Gasteiger charge is -1.60. The minimum Gasteiger partial charge on any atom is -0.0991 e. The van der Waals surface area contributed by atoms with Crippen LogP contribution in [0.25, 0.3) is 0 Å². The van der Waals surface area contributed by atoms with Crippen LogP contribution in [0.2, 0.25) is 0 Å². The van der Waals surface area contributed by atoms with Crippen molar-refractivity contribution in [2.45, 2.75) is 0 Å². The Balaban J connectivity index is 4.25. The molecule has 0 heterocycles. The standard InChI is InChI=1S/C6H8/c1-3-5-6-4-2/h3-6H,1-2H2/b6-5+/i5D,6D. The van der Waals surface area contributed by atoms with E-state index in [1.165, 1.54) is 12.2 Å². The lowest BCUT2D eigenvalue weighted by molar-refractivity contribution is 1.98. The minimum absolute atomic E-state index is 0.111. The average molecular weight is 82.1 g/mol. The lowest BCUT2D eigenvalue weighted by Crippen LogP contribution is -1.38. The van der Waals surface area contributed by atoms with E-state index in [1.54, 1.807) is 0 Å². The van der Waals surface area contributed by atoms with Crippen LogP contribution in [-0.4, -0.2) is 0 Å². The first-order valence-corrected chi connectivity index (χ1v) is 1.64. The van der Waals surface area contributed by atoms with Gasteiger partial charge in [0, 0.05) is 0 Å². The number of rotatable bonds is 2. The highest BCUT2D eigenvalue weighted by atomic mass is 13.5. The second-order valence-corrected chi connectivity index (χ2v) is 0.697. The number of allylic oxidation sites excluding steroid dienone is 4. The van der Waals surface area contributed by atoms with Crippen molar-refractivity contribution in [3.8, 4) is 0 Å². The molecule has 0 fully saturated rings. The van der Waals surface area contributed by atoms with E-state index in [4.69, 9.17) is 2.74 Å². The molecular weight excluding hydrogens is 72.1 g/mol. The van der Waals surface area contributed by atoms with E-state index in [1.807, 2.05) is 0 Å². The highest BCUT2D eigenvalue weighted by Gasteiger charge is 1.47. The topological polar surface area (TPSA) is 0 Å². The van der Waals surface area contributed by atoms with Crippen molar-refractivity contribution < 1.29 is 2.74 Å². The van der Waals surface area contributed by atoms with Crippen LogP contribution < -0.4 is 0 Å². The summed E-state index contributed by atoms with van der Waals surface area (Å²) in [5.41, 5.74) is 0. The van der Waals surface area contributed by atoms with Gasteiger partial charge in [0.15, 0.2) is 0 Å². The minimum atomic E-state index is 0.111. The van der Waals surface area contributed by atoms with Gasteiger partial charge in [-0.05, 0) is 0 Å². The molecule has 0 N–H and O–H groups in total. The van der Waals surface area contributed by atoms with Gasteiger partial charge in [0.05, 0.1) is 2.74 Å². The van der Waals surface area contributed by atoms with E-state index in [-0.39, 0.29) is 12.1 Å². The van der Waals surface area contributed by atoms with Crippen LogP contribution in [0.1, 0.15) is 2.74 Å². The third kappa shape index (κ3) is 3.22. The molecule has 0 spiro atoms. The quantitative estimate of drug-likeness (QED) is 0.446. The van der Waals surface area contributed by atoms with Gasteiger partial charge in [0.1, 0.15) is 0 Å². The van der Waals surface area contributed by atoms with Gasteiger partial charge in [-0.2, -0.15) is 0 Å². The van der Waals surface area contributed by atoms with Gasteiger partial charge in [0.2, 0.25) is 0 Å². The van der Waals surface area contributed by atoms with Crippen molar-refractivity contribution in [1.29, 1.82) is 0 Å². The van der Waals surface area contributed by atoms with Crippen molar-refractivity contribution in [3.05, 3.63) is 37.4 Å². The third-order valence-electron chi connectivity index (χ3n) is 0.287. The zero-order valence-electron chi connectivity index (χ0n) is 5.57. The molecule has 0 amide bonds. The Morgan fingerprint density at radius 2 is 1.50 bits per heavy atom. The monoisotopic (exact) mass is 82.1 g/mol. The molecule has 0 atom stereocenters. The van der Waals surface area contributed by atoms with E-state index in [2.05, 4.69) is 13.2 Å². The first-order valence-electron chi connectivity index (χ1n) is 2.64. The summed E-state index contributed by atoms with van der Waals surface area (Å²) in [5, 5.41) is 0. The second-order valence-electron chi connectivity index (χ2n) is 0.697. The Morgan fingerprint density at radius 3 is 1.67 bits per heavy atom. The van der Waals surface area contributed by atoms with Crippen molar-refractivity contribution >= 4 is 0 Å². The van der Waals surface area contributed by atoms with Gasteiger partial charge < -0.3 is 0 Å². The predicted molar refractivity (Wildman–Crippen MR) is 29.5 cm³/mol. The van der Waals surface area contributed by atoms with Crippen molar-refractivity contribution in [3.63, 3.8) is 0 Å². The van der Waals surface area contributed by atoms with Crippen molar-refractivity contribution in [2.24, 2.45) is 0 Å². The Labute approximate surface area is 41.3 Å². The van der Waals surface area contributed by atoms with Gasteiger partial charge in [-0.15, -0.1) is 0 Å². The van der Waals surface area contributed by atoms with Gasteiger partial charge in [-0.3, -0.25) is 0 Å². The molecule has 0 heteroatoms. The summed E-state index contributed by atoms with van der Waals surface area (Å²) in [7, 11) is 0. The Hall–Kier alpha value is -0.780. The third-order valence-corrected chi connectivity index (χ3v) is 0.287. The predicted octanol–water partition coefficient (Wildman–Crippen LogP) is 1.91. The molecule has 0 aliphatic rings. The molecule has 0 aromatic carbocycles. The molecule has 0 aliphatic heterocycles. The van der Waals surface area contributed by atoms with E-state index in [0.29, 0.717) is 0 Å². The highest BCUT2D eigenvalue weighted by molar-refractivity contribution is 5.05. The summed E-state index contributed by atoms with van der Waals surface area (Å²) in [6.07, 6.45) is 2.62. The second kappa shape index (κ2) is 4.22. The molecule has 0 rings (SSSR count). The number of hydrogen-bond donors (Lipinski definition) is 0.